The summed E-state index contributed by atoms with van der Waals surface area (Å²) in [5.74, 6) is 0.782. The molecule has 1 aromatic rings. The number of ether oxygens (including phenoxy) is 1. The molecule has 2 rings (SSSR count). The Bertz CT molecular complexity index is 464. The topological polar surface area (TPSA) is 64.3 Å². The molecular formula is C17H26N2O2. The molecule has 1 aromatic carbocycles. The van der Waals surface area contributed by atoms with E-state index in [1.54, 1.807) is 0 Å². The van der Waals surface area contributed by atoms with Crippen LogP contribution in [0.25, 0.3) is 0 Å². The molecule has 1 aliphatic carbocycles. The average molecular weight is 290 g/mol. The number of nitrogens with two attached hydrogens (primary N) is 1. The number of benzene rings is 1. The molecule has 116 valence electrons. The highest BCUT2D eigenvalue weighted by Crippen LogP contribution is 2.25. The number of amides is 1. The molecule has 1 atom stereocenters. The Hall–Kier alpha value is -1.55. The predicted octanol–water partition coefficient (Wildman–Crippen LogP) is 2.54. The highest BCUT2D eigenvalue weighted by molar-refractivity contribution is 5.86. The summed E-state index contributed by atoms with van der Waals surface area (Å²) in [6.45, 7) is 4.47. The third-order valence-electron chi connectivity index (χ3n) is 4.11. The third-order valence-corrected chi connectivity index (χ3v) is 4.11. The maximum Gasteiger partial charge on any atom is 0.240 e. The van der Waals surface area contributed by atoms with E-state index < -0.39 is 5.54 Å². The summed E-state index contributed by atoms with van der Waals surface area (Å²) < 4.78 is 5.78. The smallest absolute Gasteiger partial charge is 0.240 e. The summed E-state index contributed by atoms with van der Waals surface area (Å²) in [5, 5.41) is 2.94. The van der Waals surface area contributed by atoms with Crippen LogP contribution < -0.4 is 15.8 Å². The normalized spacial score (nSPS) is 18.8. The molecule has 0 bridgehead atoms. The number of carbonyl (C=O) groups excluding carboxylic acids is 1. The van der Waals surface area contributed by atoms with E-state index in [1.165, 1.54) is 12.0 Å². The molecular weight excluding hydrogens is 264 g/mol. The van der Waals surface area contributed by atoms with Crippen molar-refractivity contribution < 1.29 is 9.53 Å². The van der Waals surface area contributed by atoms with Crippen LogP contribution in [0.5, 0.6) is 5.75 Å². The molecule has 0 radical (unpaired) electrons. The van der Waals surface area contributed by atoms with Crippen molar-refractivity contribution in [3.05, 3.63) is 29.8 Å². The first-order valence-electron chi connectivity index (χ1n) is 7.80. The van der Waals surface area contributed by atoms with Crippen LogP contribution in [-0.4, -0.2) is 24.1 Å². The van der Waals surface area contributed by atoms with Crippen molar-refractivity contribution in [1.29, 1.82) is 0 Å². The van der Waals surface area contributed by atoms with E-state index in [9.17, 15) is 4.79 Å². The summed E-state index contributed by atoms with van der Waals surface area (Å²) in [6.07, 6.45) is 4.75. The van der Waals surface area contributed by atoms with Crippen molar-refractivity contribution >= 4 is 5.91 Å². The molecule has 0 saturated heterocycles. The molecule has 3 N–H and O–H groups in total. The molecule has 21 heavy (non-hydrogen) atoms. The Morgan fingerprint density at radius 2 is 1.90 bits per heavy atom. The lowest BCUT2D eigenvalue weighted by atomic mass is 9.82. The van der Waals surface area contributed by atoms with Crippen molar-refractivity contribution in [2.75, 3.05) is 6.54 Å². The lowest BCUT2D eigenvalue weighted by Gasteiger charge is -2.32. The zero-order valence-corrected chi connectivity index (χ0v) is 13.0. The maximum atomic E-state index is 12.2. The van der Waals surface area contributed by atoms with Crippen LogP contribution >= 0.6 is 0 Å². The van der Waals surface area contributed by atoms with Gasteiger partial charge in [-0.1, -0.05) is 37.0 Å². The second-order valence-corrected chi connectivity index (χ2v) is 6.17. The van der Waals surface area contributed by atoms with Crippen molar-refractivity contribution in [1.82, 2.24) is 5.32 Å². The Labute approximate surface area is 127 Å². The van der Waals surface area contributed by atoms with Gasteiger partial charge in [0.05, 0.1) is 12.1 Å². The van der Waals surface area contributed by atoms with Gasteiger partial charge in [0.15, 0.2) is 0 Å². The summed E-state index contributed by atoms with van der Waals surface area (Å²) in [7, 11) is 0. The number of hydrogen-bond acceptors (Lipinski definition) is 3. The van der Waals surface area contributed by atoms with Crippen LogP contribution in [-0.2, 0) is 4.79 Å². The highest BCUT2D eigenvalue weighted by atomic mass is 16.5. The van der Waals surface area contributed by atoms with Gasteiger partial charge in [0.1, 0.15) is 11.9 Å². The van der Waals surface area contributed by atoms with Crippen LogP contribution in [0, 0.1) is 6.92 Å². The third kappa shape index (κ3) is 4.46. The van der Waals surface area contributed by atoms with Crippen LogP contribution in [0.2, 0.25) is 0 Å². The van der Waals surface area contributed by atoms with E-state index in [4.69, 9.17) is 10.5 Å². The van der Waals surface area contributed by atoms with E-state index in [0.29, 0.717) is 6.54 Å². The van der Waals surface area contributed by atoms with Gasteiger partial charge in [-0.25, -0.2) is 0 Å². The van der Waals surface area contributed by atoms with Crippen molar-refractivity contribution in [2.45, 2.75) is 57.6 Å². The molecule has 0 aromatic heterocycles. The first kappa shape index (κ1) is 15.8. The number of nitrogens with one attached hydrogen (secondary N) is 1. The fraction of sp³-hybridized carbons (Fsp3) is 0.588. The van der Waals surface area contributed by atoms with Gasteiger partial charge < -0.3 is 15.8 Å². The molecule has 0 aliphatic heterocycles. The molecule has 1 aliphatic rings. The van der Waals surface area contributed by atoms with Crippen LogP contribution in [0.4, 0.5) is 0 Å². The zero-order chi connectivity index (χ0) is 15.3. The van der Waals surface area contributed by atoms with Crippen LogP contribution in [0.3, 0.4) is 0 Å². The largest absolute Gasteiger partial charge is 0.489 e. The molecule has 4 nitrogen and oxygen atoms in total. The predicted molar refractivity (Wildman–Crippen MR) is 84.3 cm³/mol. The minimum atomic E-state index is -0.679. The van der Waals surface area contributed by atoms with Gasteiger partial charge in [-0.3, -0.25) is 4.79 Å². The Balaban J connectivity index is 1.79. The van der Waals surface area contributed by atoms with Gasteiger partial charge in [0.2, 0.25) is 5.91 Å². The zero-order valence-electron chi connectivity index (χ0n) is 13.0. The fourth-order valence-electron chi connectivity index (χ4n) is 2.71. The van der Waals surface area contributed by atoms with Crippen molar-refractivity contribution in [2.24, 2.45) is 5.73 Å². The summed E-state index contributed by atoms with van der Waals surface area (Å²) in [4.78, 5) is 12.2. The molecule has 4 heteroatoms. The first-order chi connectivity index (χ1) is 9.99. The summed E-state index contributed by atoms with van der Waals surface area (Å²) in [6, 6.07) is 7.91. The van der Waals surface area contributed by atoms with Gasteiger partial charge in [0.25, 0.3) is 0 Å². The molecule has 0 heterocycles. The Morgan fingerprint density at radius 1 is 1.29 bits per heavy atom. The van der Waals surface area contributed by atoms with Gasteiger partial charge in [-0.2, -0.15) is 0 Å². The first-order valence-corrected chi connectivity index (χ1v) is 7.80. The highest BCUT2D eigenvalue weighted by Gasteiger charge is 2.35. The van der Waals surface area contributed by atoms with Gasteiger partial charge in [0, 0.05) is 0 Å². The van der Waals surface area contributed by atoms with Gasteiger partial charge in [-0.05, 0) is 38.8 Å². The van der Waals surface area contributed by atoms with E-state index in [2.05, 4.69) is 5.32 Å². The van der Waals surface area contributed by atoms with Crippen LogP contribution in [0.15, 0.2) is 24.3 Å². The molecule has 1 amide bonds. The molecule has 1 fully saturated rings. The van der Waals surface area contributed by atoms with Crippen molar-refractivity contribution in [3.63, 3.8) is 0 Å². The Morgan fingerprint density at radius 3 is 2.52 bits per heavy atom. The summed E-state index contributed by atoms with van der Waals surface area (Å²) in [5.41, 5.74) is 6.73. The van der Waals surface area contributed by atoms with E-state index in [-0.39, 0.29) is 12.0 Å². The minimum Gasteiger partial charge on any atom is -0.489 e. The lowest BCUT2D eigenvalue weighted by Crippen LogP contribution is -2.56. The Kier molecular flexibility index (Phi) is 5.23. The van der Waals surface area contributed by atoms with Gasteiger partial charge in [-0.15, -0.1) is 0 Å². The van der Waals surface area contributed by atoms with Crippen LogP contribution in [0.1, 0.15) is 44.6 Å². The minimum absolute atomic E-state index is 0.0402. The number of rotatable bonds is 5. The van der Waals surface area contributed by atoms with Gasteiger partial charge >= 0.3 is 0 Å². The second-order valence-electron chi connectivity index (χ2n) is 6.17. The number of carbonyl (C=O) groups is 1. The monoisotopic (exact) mass is 290 g/mol. The maximum absolute atomic E-state index is 12.2. The second kappa shape index (κ2) is 6.94. The number of aryl methyl sites for hydroxylation is 1. The average Bonchev–Trinajstić information content (AvgIpc) is 2.48. The molecule has 1 saturated carbocycles. The van der Waals surface area contributed by atoms with E-state index in [1.807, 2.05) is 38.1 Å². The fourth-order valence-corrected chi connectivity index (χ4v) is 2.71. The van der Waals surface area contributed by atoms with Crippen molar-refractivity contribution in [3.8, 4) is 5.75 Å². The molecule has 1 unspecified atom stereocenters. The standard InChI is InChI=1S/C17H26N2O2/c1-13-6-8-15(9-7-13)21-14(2)12-19-16(20)17(18)10-4-3-5-11-17/h6-9,14H,3-5,10-12,18H2,1-2H3,(H,19,20). The summed E-state index contributed by atoms with van der Waals surface area (Å²) >= 11 is 0. The SMILES string of the molecule is Cc1ccc(OC(C)CNC(=O)C2(N)CCCCC2)cc1. The van der Waals surface area contributed by atoms with E-state index in [0.717, 1.165) is 31.4 Å². The quantitative estimate of drug-likeness (QED) is 0.876. The lowest BCUT2D eigenvalue weighted by molar-refractivity contribution is -0.127. The van der Waals surface area contributed by atoms with E-state index >= 15 is 0 Å². The number of hydrogen-bond donors (Lipinski definition) is 2. The molecule has 0 spiro atoms.